The largest absolute Gasteiger partial charge is 0.216 e. The monoisotopic (exact) mass is 276 g/mol. The molecule has 0 aliphatic heterocycles. The van der Waals surface area contributed by atoms with E-state index in [1.54, 1.807) is 0 Å². The van der Waals surface area contributed by atoms with Crippen LogP contribution < -0.4 is 0 Å². The minimum atomic E-state index is -3.32. The molecule has 1 aromatic carbocycles. The van der Waals surface area contributed by atoms with Crippen molar-refractivity contribution in [1.82, 2.24) is 0 Å². The van der Waals surface area contributed by atoms with Crippen LogP contribution in [0.25, 0.3) is 0 Å². The predicted molar refractivity (Wildman–Crippen MR) is 55.8 cm³/mol. The Morgan fingerprint density at radius 2 is 2.07 bits per heavy atom. The second-order valence-electron chi connectivity index (χ2n) is 2.62. The Kier molecular flexibility index (Phi) is 3.29. The molecular formula is C9H6BrFO2S. The summed E-state index contributed by atoms with van der Waals surface area (Å²) in [5.41, 5.74) is 0.442. The maximum Gasteiger partial charge on any atom is 0.214 e. The van der Waals surface area contributed by atoms with Crippen molar-refractivity contribution in [2.45, 2.75) is 0 Å². The summed E-state index contributed by atoms with van der Waals surface area (Å²) >= 11 is 3.08. The lowest BCUT2D eigenvalue weighted by atomic mass is 10.2. The third-order valence-corrected chi connectivity index (χ3v) is 2.43. The molecule has 1 rings (SSSR count). The summed E-state index contributed by atoms with van der Waals surface area (Å²) in [6.45, 7) is 0. The molecule has 0 fully saturated rings. The van der Waals surface area contributed by atoms with Gasteiger partial charge in [0.25, 0.3) is 0 Å². The molecule has 0 bridgehead atoms. The maximum absolute atomic E-state index is 12.6. The van der Waals surface area contributed by atoms with E-state index in [2.05, 4.69) is 27.1 Å². The van der Waals surface area contributed by atoms with Gasteiger partial charge in [-0.2, -0.15) is 0 Å². The molecule has 0 aliphatic carbocycles. The third-order valence-electron chi connectivity index (χ3n) is 1.30. The minimum absolute atomic E-state index is 0.401. The molecule has 0 saturated carbocycles. The van der Waals surface area contributed by atoms with Crippen molar-refractivity contribution in [3.63, 3.8) is 0 Å². The van der Waals surface area contributed by atoms with Gasteiger partial charge in [-0.3, -0.25) is 0 Å². The Morgan fingerprint density at radius 3 is 2.57 bits per heavy atom. The van der Waals surface area contributed by atoms with Crippen molar-refractivity contribution in [2.75, 3.05) is 6.26 Å². The van der Waals surface area contributed by atoms with Gasteiger partial charge < -0.3 is 0 Å². The van der Waals surface area contributed by atoms with Crippen LogP contribution in [0.15, 0.2) is 22.7 Å². The summed E-state index contributed by atoms with van der Waals surface area (Å²) < 4.78 is 34.5. The molecule has 0 amide bonds. The van der Waals surface area contributed by atoms with Crippen LogP contribution in [0.2, 0.25) is 0 Å². The van der Waals surface area contributed by atoms with E-state index in [4.69, 9.17) is 0 Å². The maximum atomic E-state index is 12.6. The fourth-order valence-electron chi connectivity index (χ4n) is 0.739. The molecule has 0 heterocycles. The average Bonchev–Trinajstić information content (AvgIpc) is 2.00. The van der Waals surface area contributed by atoms with E-state index in [1.807, 2.05) is 0 Å². The Bertz CT molecular complexity index is 511. The van der Waals surface area contributed by atoms with Gasteiger partial charge in [0.05, 0.1) is 6.26 Å². The summed E-state index contributed by atoms with van der Waals surface area (Å²) in [6.07, 6.45) is 1.01. The van der Waals surface area contributed by atoms with Gasteiger partial charge in [0.1, 0.15) is 5.82 Å². The molecule has 0 aromatic heterocycles. The van der Waals surface area contributed by atoms with E-state index in [9.17, 15) is 12.8 Å². The minimum Gasteiger partial charge on any atom is -0.216 e. The number of hydrogen-bond donors (Lipinski definition) is 0. The van der Waals surface area contributed by atoms with E-state index in [0.717, 1.165) is 6.26 Å². The molecule has 0 saturated heterocycles. The van der Waals surface area contributed by atoms with Crippen molar-refractivity contribution in [1.29, 1.82) is 0 Å². The molecule has 0 N–H and O–H groups in total. The number of halogens is 2. The van der Waals surface area contributed by atoms with E-state index in [0.29, 0.717) is 10.0 Å². The van der Waals surface area contributed by atoms with Crippen molar-refractivity contribution in [3.05, 3.63) is 34.1 Å². The lowest BCUT2D eigenvalue weighted by Crippen LogP contribution is -1.89. The Balaban J connectivity index is 3.15. The van der Waals surface area contributed by atoms with Crippen LogP contribution in [0, 0.1) is 17.0 Å². The van der Waals surface area contributed by atoms with Crippen LogP contribution in [-0.2, 0) is 9.84 Å². The molecule has 74 valence electrons. The zero-order valence-electron chi connectivity index (χ0n) is 7.21. The first kappa shape index (κ1) is 11.2. The Labute approximate surface area is 90.2 Å². The highest BCUT2D eigenvalue weighted by Gasteiger charge is 1.99. The number of sulfone groups is 1. The second kappa shape index (κ2) is 4.11. The molecule has 1 aromatic rings. The predicted octanol–water partition coefficient (Wildman–Crippen LogP) is 1.94. The zero-order chi connectivity index (χ0) is 10.8. The summed E-state index contributed by atoms with van der Waals surface area (Å²) in [4.78, 5) is 0. The number of hydrogen-bond acceptors (Lipinski definition) is 2. The van der Waals surface area contributed by atoms with Crippen LogP contribution in [0.5, 0.6) is 0 Å². The highest BCUT2D eigenvalue weighted by atomic mass is 79.9. The molecule has 2 nitrogen and oxygen atoms in total. The van der Waals surface area contributed by atoms with E-state index in [-0.39, 0.29) is 0 Å². The smallest absolute Gasteiger partial charge is 0.214 e. The van der Waals surface area contributed by atoms with E-state index < -0.39 is 15.7 Å². The Morgan fingerprint density at radius 1 is 1.43 bits per heavy atom. The van der Waals surface area contributed by atoms with Gasteiger partial charge in [0, 0.05) is 15.3 Å². The van der Waals surface area contributed by atoms with Crippen molar-refractivity contribution in [2.24, 2.45) is 0 Å². The van der Waals surface area contributed by atoms with Gasteiger partial charge in [-0.15, -0.1) is 0 Å². The molecule has 0 unspecified atom stereocenters. The summed E-state index contributed by atoms with van der Waals surface area (Å²) in [7, 11) is -3.32. The van der Waals surface area contributed by atoms with Crippen molar-refractivity contribution in [3.8, 4) is 11.2 Å². The van der Waals surface area contributed by atoms with Gasteiger partial charge in [-0.25, -0.2) is 12.8 Å². The highest BCUT2D eigenvalue weighted by Crippen LogP contribution is 2.16. The van der Waals surface area contributed by atoms with Gasteiger partial charge in [0.15, 0.2) is 0 Å². The summed E-state index contributed by atoms with van der Waals surface area (Å²) in [5.74, 6) is 2.03. The van der Waals surface area contributed by atoms with Crippen LogP contribution in [-0.4, -0.2) is 14.7 Å². The van der Waals surface area contributed by atoms with Gasteiger partial charge in [-0.05, 0) is 40.0 Å². The summed E-state index contributed by atoms with van der Waals surface area (Å²) in [5, 5.41) is 2.07. The third kappa shape index (κ3) is 3.48. The molecule has 0 aliphatic rings. The zero-order valence-corrected chi connectivity index (χ0v) is 9.62. The normalized spacial score (nSPS) is 10.5. The quantitative estimate of drug-likeness (QED) is 0.679. The van der Waals surface area contributed by atoms with Gasteiger partial charge >= 0.3 is 0 Å². The lowest BCUT2D eigenvalue weighted by Gasteiger charge is -1.94. The SMILES string of the molecule is CS(=O)(=O)C#Cc1ccc(F)cc1Br. The molecular weight excluding hydrogens is 271 g/mol. The van der Waals surface area contributed by atoms with Gasteiger partial charge in [-0.1, -0.05) is 0 Å². The second-order valence-corrected chi connectivity index (χ2v) is 5.23. The molecule has 0 atom stereocenters. The lowest BCUT2D eigenvalue weighted by molar-refractivity contribution is 0.611. The number of benzene rings is 1. The van der Waals surface area contributed by atoms with Gasteiger partial charge in [0.2, 0.25) is 9.84 Å². The number of rotatable bonds is 0. The van der Waals surface area contributed by atoms with Crippen molar-refractivity contribution >= 4 is 25.8 Å². The van der Waals surface area contributed by atoms with Crippen LogP contribution in [0.4, 0.5) is 4.39 Å². The van der Waals surface area contributed by atoms with E-state index in [1.165, 1.54) is 18.2 Å². The molecule has 0 spiro atoms. The fourth-order valence-corrected chi connectivity index (χ4v) is 1.48. The van der Waals surface area contributed by atoms with Crippen molar-refractivity contribution < 1.29 is 12.8 Å². The molecule has 14 heavy (non-hydrogen) atoms. The first-order chi connectivity index (χ1) is 6.38. The first-order valence-corrected chi connectivity index (χ1v) is 6.25. The average molecular weight is 277 g/mol. The molecule has 0 radical (unpaired) electrons. The standard InChI is InChI=1S/C9H6BrFO2S/c1-14(12,13)5-4-7-2-3-8(11)6-9(7)10/h2-3,6H,1H3. The topological polar surface area (TPSA) is 34.1 Å². The van der Waals surface area contributed by atoms with E-state index >= 15 is 0 Å². The fraction of sp³-hybridized carbons (Fsp3) is 0.111. The van der Waals surface area contributed by atoms with Crippen LogP contribution in [0.3, 0.4) is 0 Å². The molecule has 5 heteroatoms. The first-order valence-electron chi connectivity index (χ1n) is 3.56. The highest BCUT2D eigenvalue weighted by molar-refractivity contribution is 9.10. The Hall–Kier alpha value is -0.860. The summed E-state index contributed by atoms with van der Waals surface area (Å²) in [6, 6.07) is 3.86. The van der Waals surface area contributed by atoms with Crippen LogP contribution >= 0.6 is 15.9 Å². The van der Waals surface area contributed by atoms with Crippen LogP contribution in [0.1, 0.15) is 5.56 Å².